The van der Waals surface area contributed by atoms with E-state index in [1.165, 1.54) is 40.9 Å². The van der Waals surface area contributed by atoms with Gasteiger partial charge in [-0.25, -0.2) is 9.59 Å². The molecule has 11 nitrogen and oxygen atoms in total. The van der Waals surface area contributed by atoms with E-state index < -0.39 is 35.0 Å². The first-order valence-electron chi connectivity index (χ1n) is 9.23. The van der Waals surface area contributed by atoms with Crippen LogP contribution >= 0.6 is 11.8 Å². The zero-order valence-electron chi connectivity index (χ0n) is 16.3. The maximum absolute atomic E-state index is 12.5. The zero-order valence-corrected chi connectivity index (χ0v) is 17.1. The van der Waals surface area contributed by atoms with Crippen LogP contribution in [0.4, 0.5) is 10.5 Å². The van der Waals surface area contributed by atoms with Crippen molar-refractivity contribution in [3.8, 4) is 6.07 Å². The van der Waals surface area contributed by atoms with Gasteiger partial charge in [0.25, 0.3) is 11.6 Å². The van der Waals surface area contributed by atoms with Crippen LogP contribution in [0.3, 0.4) is 0 Å². The van der Waals surface area contributed by atoms with Crippen LogP contribution in [-0.2, 0) is 20.9 Å². The first-order chi connectivity index (χ1) is 14.8. The fourth-order valence-electron chi connectivity index (χ4n) is 3.56. The lowest BCUT2D eigenvalue weighted by Gasteiger charge is -2.44. The number of ether oxygens (including phenoxy) is 1. The molecule has 12 heteroatoms. The van der Waals surface area contributed by atoms with Gasteiger partial charge in [-0.15, -0.1) is 11.8 Å². The van der Waals surface area contributed by atoms with Crippen molar-refractivity contribution in [3.63, 3.8) is 0 Å². The van der Waals surface area contributed by atoms with Crippen molar-refractivity contribution >= 4 is 35.4 Å². The number of rotatable bonds is 8. The lowest BCUT2D eigenvalue weighted by molar-refractivity contribution is -0.384. The van der Waals surface area contributed by atoms with Gasteiger partial charge in [-0.2, -0.15) is 5.26 Å². The summed E-state index contributed by atoms with van der Waals surface area (Å²) in [6.07, 6.45) is -0.616. The maximum Gasteiger partial charge on any atom is 0.408 e. The van der Waals surface area contributed by atoms with Gasteiger partial charge >= 0.3 is 12.1 Å². The number of thioether (sulfide) groups is 1. The highest BCUT2D eigenvalue weighted by Gasteiger charge is 2.59. The van der Waals surface area contributed by atoms with Gasteiger partial charge < -0.3 is 15.2 Å². The highest BCUT2D eigenvalue weighted by atomic mass is 32.2. The van der Waals surface area contributed by atoms with Crippen molar-refractivity contribution in [2.75, 3.05) is 5.75 Å². The molecule has 2 heterocycles. The van der Waals surface area contributed by atoms with Crippen molar-refractivity contribution in [2.24, 2.45) is 5.92 Å². The van der Waals surface area contributed by atoms with Crippen molar-refractivity contribution in [1.82, 2.24) is 10.2 Å². The number of nitrogens with zero attached hydrogens (tertiary/aromatic N) is 3. The average Bonchev–Trinajstić information content (AvgIpc) is 3.00. The number of nitro benzene ring substituents is 1. The Bertz CT molecular complexity index is 1000. The molecule has 1 aromatic carbocycles. The average molecular weight is 446 g/mol. The van der Waals surface area contributed by atoms with Gasteiger partial charge in [-0.1, -0.05) is 6.92 Å². The van der Waals surface area contributed by atoms with Crippen molar-refractivity contribution in [3.05, 3.63) is 50.5 Å². The number of alkyl carbamates (subject to hydrolysis) is 1. The Hall–Kier alpha value is -3.59. The lowest BCUT2D eigenvalue weighted by atomic mass is 9.88. The minimum atomic E-state index is -1.23. The fourth-order valence-corrected chi connectivity index (χ4v) is 4.70. The van der Waals surface area contributed by atoms with Crippen LogP contribution in [-0.4, -0.2) is 50.7 Å². The third-order valence-electron chi connectivity index (χ3n) is 5.01. The molecule has 2 aliphatic rings. The minimum Gasteiger partial charge on any atom is -0.477 e. The number of β-lactam (4-membered cyclic amide) rings is 1. The van der Waals surface area contributed by atoms with Crippen molar-refractivity contribution in [2.45, 2.75) is 32.0 Å². The normalized spacial score (nSPS) is 21.7. The highest BCUT2D eigenvalue weighted by Crippen LogP contribution is 2.47. The third-order valence-corrected chi connectivity index (χ3v) is 6.29. The molecular weight excluding hydrogens is 428 g/mol. The second-order valence-electron chi connectivity index (χ2n) is 6.88. The Morgan fingerprint density at radius 2 is 2.06 bits per heavy atom. The number of hydrogen-bond donors (Lipinski definition) is 2. The summed E-state index contributed by atoms with van der Waals surface area (Å²) in [6, 6.07) is 5.99. The molecular formula is C19H18N4O7S. The number of aliphatic carboxylic acids is 1. The Morgan fingerprint density at radius 3 is 2.65 bits per heavy atom. The topological polar surface area (TPSA) is 163 Å². The molecule has 0 radical (unpaired) electrons. The van der Waals surface area contributed by atoms with E-state index >= 15 is 0 Å². The summed E-state index contributed by atoms with van der Waals surface area (Å²) in [6.45, 7) is 1.62. The third kappa shape index (κ3) is 4.31. The zero-order chi connectivity index (χ0) is 22.7. The molecule has 2 N–H and O–H groups in total. The molecule has 31 heavy (non-hydrogen) atoms. The first-order valence-corrected chi connectivity index (χ1v) is 10.2. The molecule has 2 amide bonds. The number of carboxylic acid groups (broad SMARTS) is 1. The molecule has 0 aliphatic carbocycles. The van der Waals surface area contributed by atoms with Gasteiger partial charge in [0.15, 0.2) is 0 Å². The molecule has 0 aromatic heterocycles. The van der Waals surface area contributed by atoms with Crippen LogP contribution in [0.25, 0.3) is 0 Å². The second-order valence-corrected chi connectivity index (χ2v) is 8.02. The minimum absolute atomic E-state index is 0.0891. The molecule has 0 bridgehead atoms. The standard InChI is InChI=1S/C19H18N4O7S/c1-10-14-13(17(24)22(14)15(18(25)26)16(10)31-8-2-7-20)21-19(27)30-9-11-3-5-12(6-4-11)23(28)29/h3-6,10,13-14H,2,8-9H2,1H3,(H,21,27)(H,25,26)/t10-,13-,14-/m1/s1. The van der Waals surface area contributed by atoms with Crippen LogP contribution in [0.5, 0.6) is 0 Å². The predicted molar refractivity (Wildman–Crippen MR) is 107 cm³/mol. The molecule has 3 rings (SSSR count). The van der Waals surface area contributed by atoms with Crippen molar-refractivity contribution < 1.29 is 29.2 Å². The van der Waals surface area contributed by atoms with Crippen LogP contribution in [0.2, 0.25) is 0 Å². The Labute approximate surface area is 180 Å². The number of benzene rings is 1. The van der Waals surface area contributed by atoms with Crippen LogP contribution in [0.15, 0.2) is 34.9 Å². The number of nitro groups is 1. The van der Waals surface area contributed by atoms with Gasteiger partial charge in [0.2, 0.25) is 0 Å². The number of carbonyl (C=O) groups is 3. The van der Waals surface area contributed by atoms with Crippen LogP contribution in [0.1, 0.15) is 18.9 Å². The smallest absolute Gasteiger partial charge is 0.408 e. The van der Waals surface area contributed by atoms with Crippen molar-refractivity contribution in [1.29, 1.82) is 5.26 Å². The predicted octanol–water partition coefficient (Wildman–Crippen LogP) is 1.99. The fraction of sp³-hybridized carbons (Fsp3) is 0.368. The molecule has 2 aliphatic heterocycles. The Kier molecular flexibility index (Phi) is 6.45. The monoisotopic (exact) mass is 446 g/mol. The van der Waals surface area contributed by atoms with E-state index in [1.54, 1.807) is 6.92 Å². The Balaban J connectivity index is 1.61. The number of nitrogens with one attached hydrogen (secondary N) is 1. The van der Waals surface area contributed by atoms with Gasteiger partial charge in [-0.05, 0) is 17.7 Å². The molecule has 1 fully saturated rings. The van der Waals surface area contributed by atoms with E-state index in [-0.39, 0.29) is 30.3 Å². The van der Waals surface area contributed by atoms with E-state index in [4.69, 9.17) is 10.00 Å². The number of carbonyl (C=O) groups excluding carboxylic acids is 2. The first kappa shape index (κ1) is 22.1. The van der Waals surface area contributed by atoms with E-state index in [1.807, 2.05) is 6.07 Å². The van der Waals surface area contributed by atoms with Gasteiger partial charge in [0.1, 0.15) is 18.3 Å². The second kappa shape index (κ2) is 9.05. The molecule has 3 atom stereocenters. The summed E-state index contributed by atoms with van der Waals surface area (Å²) in [5, 5.41) is 31.4. The number of amides is 2. The highest BCUT2D eigenvalue weighted by molar-refractivity contribution is 8.03. The number of nitriles is 1. The van der Waals surface area contributed by atoms with E-state index in [0.29, 0.717) is 16.2 Å². The number of hydrogen-bond acceptors (Lipinski definition) is 8. The lowest BCUT2D eigenvalue weighted by Crippen LogP contribution is -2.70. The summed E-state index contributed by atoms with van der Waals surface area (Å²) < 4.78 is 5.09. The van der Waals surface area contributed by atoms with Gasteiger partial charge in [-0.3, -0.25) is 19.8 Å². The van der Waals surface area contributed by atoms with Gasteiger partial charge in [0, 0.05) is 35.1 Å². The SMILES string of the molecule is C[C@H]1C(SCCC#N)=C(C(=O)O)N2C(=O)[C@H](NC(=O)OCc3ccc([N+](=O)[O-])cc3)[C@@H]12. The van der Waals surface area contributed by atoms with Crippen LogP contribution < -0.4 is 5.32 Å². The molecule has 1 saturated heterocycles. The molecule has 1 aromatic rings. The van der Waals surface area contributed by atoms with Gasteiger partial charge in [0.05, 0.1) is 17.0 Å². The van der Waals surface area contributed by atoms with E-state index in [2.05, 4.69) is 5.32 Å². The summed E-state index contributed by atoms with van der Waals surface area (Å²) in [5.41, 5.74) is 0.332. The molecule has 0 unspecified atom stereocenters. The number of carboxylic acids is 1. The molecule has 162 valence electrons. The molecule has 0 saturated carbocycles. The quantitative estimate of drug-likeness (QED) is 0.263. The molecule has 0 spiro atoms. The summed E-state index contributed by atoms with van der Waals surface area (Å²) >= 11 is 1.22. The summed E-state index contributed by atoms with van der Waals surface area (Å²) in [4.78, 5) is 48.2. The summed E-state index contributed by atoms with van der Waals surface area (Å²) in [7, 11) is 0. The maximum atomic E-state index is 12.5. The van der Waals surface area contributed by atoms with Crippen LogP contribution in [0, 0.1) is 27.4 Å². The van der Waals surface area contributed by atoms with E-state index in [0.717, 1.165) is 0 Å². The number of fused-ring (bicyclic) bond motifs is 1. The Morgan fingerprint density at radius 1 is 1.39 bits per heavy atom. The van der Waals surface area contributed by atoms with E-state index in [9.17, 15) is 29.6 Å². The number of non-ortho nitro benzene ring substituents is 1. The summed E-state index contributed by atoms with van der Waals surface area (Å²) in [5.74, 6) is -1.71. The largest absolute Gasteiger partial charge is 0.477 e.